The predicted molar refractivity (Wildman–Crippen MR) is 91.5 cm³/mol. The minimum Gasteiger partial charge on any atom is -0.258 e. The van der Waals surface area contributed by atoms with E-state index in [2.05, 4.69) is 9.71 Å². The summed E-state index contributed by atoms with van der Waals surface area (Å²) in [6.45, 7) is 1.62. The third-order valence-electron chi connectivity index (χ3n) is 3.42. The fraction of sp³-hybridized carbons (Fsp3) is 0.133. The summed E-state index contributed by atoms with van der Waals surface area (Å²) in [6, 6.07) is 11.3. The number of fused-ring (bicyclic) bond motifs is 1. The van der Waals surface area contributed by atoms with Crippen LogP contribution in [0, 0.1) is 17.0 Å². The molecule has 0 spiro atoms. The molecule has 0 amide bonds. The van der Waals surface area contributed by atoms with Crippen LogP contribution in [-0.2, 0) is 16.6 Å². The topological polar surface area (TPSA) is 102 Å². The zero-order valence-electron chi connectivity index (χ0n) is 12.6. The second kappa shape index (κ2) is 6.27. The minimum atomic E-state index is -3.87. The van der Waals surface area contributed by atoms with Crippen molar-refractivity contribution < 1.29 is 13.3 Å². The van der Waals surface area contributed by atoms with Crippen molar-refractivity contribution in [2.24, 2.45) is 0 Å². The van der Waals surface area contributed by atoms with E-state index in [1.807, 2.05) is 24.3 Å². The fourth-order valence-corrected chi connectivity index (χ4v) is 4.47. The molecule has 0 atom stereocenters. The maximum atomic E-state index is 12.5. The molecule has 0 bridgehead atoms. The second-order valence-electron chi connectivity index (χ2n) is 5.11. The van der Waals surface area contributed by atoms with E-state index in [0.29, 0.717) is 10.6 Å². The molecule has 0 radical (unpaired) electrons. The Balaban J connectivity index is 1.86. The van der Waals surface area contributed by atoms with Crippen LogP contribution in [0.2, 0.25) is 0 Å². The van der Waals surface area contributed by atoms with Crippen LogP contribution in [0.5, 0.6) is 0 Å². The number of nitrogens with one attached hydrogen (secondary N) is 1. The molecule has 2 aromatic carbocycles. The molecule has 1 aromatic heterocycles. The van der Waals surface area contributed by atoms with Gasteiger partial charge in [-0.1, -0.05) is 18.2 Å². The van der Waals surface area contributed by atoms with Crippen molar-refractivity contribution in [1.82, 2.24) is 9.71 Å². The summed E-state index contributed by atoms with van der Waals surface area (Å²) in [4.78, 5) is 14.5. The van der Waals surface area contributed by atoms with Gasteiger partial charge in [0.1, 0.15) is 5.01 Å². The van der Waals surface area contributed by atoms with Gasteiger partial charge in [0.25, 0.3) is 5.69 Å². The number of para-hydroxylation sites is 1. The first-order valence-corrected chi connectivity index (χ1v) is 9.26. The first-order chi connectivity index (χ1) is 11.4. The first-order valence-electron chi connectivity index (χ1n) is 6.96. The second-order valence-corrected chi connectivity index (χ2v) is 7.96. The predicted octanol–water partition coefficient (Wildman–Crippen LogP) is 2.99. The van der Waals surface area contributed by atoms with Crippen molar-refractivity contribution >= 4 is 37.3 Å². The highest BCUT2D eigenvalue weighted by Crippen LogP contribution is 2.24. The van der Waals surface area contributed by atoms with Crippen molar-refractivity contribution in [2.45, 2.75) is 18.4 Å². The Hall–Kier alpha value is -2.36. The number of nitrogens with zero attached hydrogens (tertiary/aromatic N) is 2. The number of hydrogen-bond donors (Lipinski definition) is 1. The van der Waals surface area contributed by atoms with E-state index in [4.69, 9.17) is 0 Å². The van der Waals surface area contributed by atoms with Gasteiger partial charge in [-0.2, -0.15) is 0 Å². The van der Waals surface area contributed by atoms with E-state index in [1.165, 1.54) is 23.5 Å². The van der Waals surface area contributed by atoms with Crippen molar-refractivity contribution in [2.75, 3.05) is 0 Å². The van der Waals surface area contributed by atoms with Gasteiger partial charge >= 0.3 is 0 Å². The first kappa shape index (κ1) is 16.5. The molecular formula is C15H13N3O4S2. The van der Waals surface area contributed by atoms with Gasteiger partial charge in [-0.25, -0.2) is 18.1 Å². The number of aryl methyl sites for hydroxylation is 1. The lowest BCUT2D eigenvalue weighted by atomic mass is 10.2. The number of benzene rings is 2. The van der Waals surface area contributed by atoms with Crippen LogP contribution in [0.1, 0.15) is 10.6 Å². The summed E-state index contributed by atoms with van der Waals surface area (Å²) >= 11 is 1.40. The third-order valence-corrected chi connectivity index (χ3v) is 6.00. The quantitative estimate of drug-likeness (QED) is 0.554. The van der Waals surface area contributed by atoms with Gasteiger partial charge in [0.05, 0.1) is 26.6 Å². The van der Waals surface area contributed by atoms with Crippen LogP contribution < -0.4 is 4.72 Å². The highest BCUT2D eigenvalue weighted by atomic mass is 32.2. The third kappa shape index (κ3) is 3.28. The fourth-order valence-electron chi connectivity index (χ4n) is 2.22. The molecule has 0 saturated carbocycles. The molecule has 9 heteroatoms. The molecule has 0 saturated heterocycles. The molecule has 7 nitrogen and oxygen atoms in total. The summed E-state index contributed by atoms with van der Waals surface area (Å²) in [5.74, 6) is 0. The van der Waals surface area contributed by atoms with Crippen molar-refractivity contribution in [1.29, 1.82) is 0 Å². The molecule has 0 aliphatic carbocycles. The molecule has 0 unspecified atom stereocenters. The molecule has 0 aliphatic rings. The number of aromatic nitrogens is 1. The molecule has 3 aromatic rings. The van der Waals surface area contributed by atoms with Gasteiger partial charge in [0.2, 0.25) is 10.0 Å². The summed E-state index contributed by atoms with van der Waals surface area (Å²) in [5, 5.41) is 11.5. The largest absolute Gasteiger partial charge is 0.270 e. The maximum absolute atomic E-state index is 12.5. The number of nitro groups is 1. The lowest BCUT2D eigenvalue weighted by Crippen LogP contribution is -2.24. The molecule has 1 heterocycles. The molecule has 1 N–H and O–H groups in total. The zero-order chi connectivity index (χ0) is 17.3. The summed E-state index contributed by atoms with van der Waals surface area (Å²) in [5.41, 5.74) is 0.988. The number of hydrogen-bond acceptors (Lipinski definition) is 6. The van der Waals surface area contributed by atoms with Crippen LogP contribution in [0.4, 0.5) is 5.69 Å². The summed E-state index contributed by atoms with van der Waals surface area (Å²) in [7, 11) is -3.87. The number of sulfonamides is 1. The molecule has 24 heavy (non-hydrogen) atoms. The molecule has 0 aliphatic heterocycles. The van der Waals surface area contributed by atoms with Crippen molar-refractivity contribution in [3.05, 3.63) is 63.1 Å². The highest BCUT2D eigenvalue weighted by Gasteiger charge is 2.20. The van der Waals surface area contributed by atoms with Crippen LogP contribution in [-0.4, -0.2) is 18.3 Å². The summed E-state index contributed by atoms with van der Waals surface area (Å²) in [6.07, 6.45) is 0. The van der Waals surface area contributed by atoms with Crippen LogP contribution in [0.15, 0.2) is 47.4 Å². The number of non-ortho nitro benzene ring substituents is 1. The van der Waals surface area contributed by atoms with Crippen LogP contribution in [0.3, 0.4) is 0 Å². The minimum absolute atomic E-state index is 0.0316. The smallest absolute Gasteiger partial charge is 0.258 e. The SMILES string of the molecule is Cc1ccc([N+](=O)[O-])cc1S(=O)(=O)NCc1nc2ccccc2s1. The Morgan fingerprint density at radius 2 is 2.00 bits per heavy atom. The van der Waals surface area contributed by atoms with Crippen molar-refractivity contribution in [3.63, 3.8) is 0 Å². The Morgan fingerprint density at radius 3 is 2.71 bits per heavy atom. The highest BCUT2D eigenvalue weighted by molar-refractivity contribution is 7.89. The monoisotopic (exact) mass is 363 g/mol. The average Bonchev–Trinajstić information content (AvgIpc) is 2.96. The van der Waals surface area contributed by atoms with E-state index < -0.39 is 14.9 Å². The maximum Gasteiger partial charge on any atom is 0.270 e. The van der Waals surface area contributed by atoms with Crippen molar-refractivity contribution in [3.8, 4) is 0 Å². The van der Waals surface area contributed by atoms with Gasteiger partial charge < -0.3 is 0 Å². The normalized spacial score (nSPS) is 11.7. The Kier molecular flexibility index (Phi) is 4.31. The van der Waals surface area contributed by atoms with E-state index in [9.17, 15) is 18.5 Å². The average molecular weight is 363 g/mol. The summed E-state index contributed by atoms with van der Waals surface area (Å²) < 4.78 is 28.3. The molecule has 124 valence electrons. The van der Waals surface area contributed by atoms with Crippen LogP contribution >= 0.6 is 11.3 Å². The van der Waals surface area contributed by atoms with E-state index in [0.717, 1.165) is 16.3 Å². The van der Waals surface area contributed by atoms with Gasteiger partial charge in [-0.15, -0.1) is 11.3 Å². The van der Waals surface area contributed by atoms with Gasteiger partial charge in [-0.05, 0) is 24.6 Å². The van der Waals surface area contributed by atoms with E-state index in [-0.39, 0.29) is 17.1 Å². The Morgan fingerprint density at radius 1 is 1.25 bits per heavy atom. The lowest BCUT2D eigenvalue weighted by molar-refractivity contribution is -0.385. The molecular weight excluding hydrogens is 350 g/mol. The van der Waals surface area contributed by atoms with E-state index >= 15 is 0 Å². The van der Waals surface area contributed by atoms with E-state index in [1.54, 1.807) is 6.92 Å². The Bertz CT molecular complexity index is 995. The zero-order valence-corrected chi connectivity index (χ0v) is 14.2. The van der Waals surface area contributed by atoms with Gasteiger partial charge in [-0.3, -0.25) is 10.1 Å². The number of rotatable bonds is 5. The standard InChI is InChI=1S/C15H13N3O4S2/c1-10-6-7-11(18(19)20)8-14(10)24(21,22)16-9-15-17-12-4-2-3-5-13(12)23-15/h2-8,16H,9H2,1H3. The molecule has 0 fully saturated rings. The lowest BCUT2D eigenvalue weighted by Gasteiger charge is -2.08. The molecule has 3 rings (SSSR count). The van der Waals surface area contributed by atoms with Crippen LogP contribution in [0.25, 0.3) is 10.2 Å². The van der Waals surface area contributed by atoms with Gasteiger partial charge in [0.15, 0.2) is 0 Å². The Labute approximate surface area is 142 Å². The van der Waals surface area contributed by atoms with Gasteiger partial charge in [0, 0.05) is 12.1 Å². The number of nitro benzene ring substituents is 1. The number of thiazole rings is 1.